The molecule has 0 bridgehead atoms. The lowest BCUT2D eigenvalue weighted by atomic mass is 9.89. The van der Waals surface area contributed by atoms with Gasteiger partial charge >= 0.3 is 0 Å². The number of benzene rings is 4. The lowest BCUT2D eigenvalue weighted by molar-refractivity contribution is 0.825. The van der Waals surface area contributed by atoms with Crippen molar-refractivity contribution in [3.8, 4) is 11.1 Å². The molecule has 0 heterocycles. The molecule has 0 amide bonds. The Labute approximate surface area is 161 Å². The molecule has 4 aromatic carbocycles. The van der Waals surface area contributed by atoms with Crippen LogP contribution in [-0.4, -0.2) is 0 Å². The molecule has 0 nitrogen and oxygen atoms in total. The highest BCUT2D eigenvalue weighted by molar-refractivity contribution is 5.79. The van der Waals surface area contributed by atoms with Crippen LogP contribution < -0.4 is 0 Å². The molecule has 1 aliphatic carbocycles. The zero-order valence-electron chi connectivity index (χ0n) is 15.3. The van der Waals surface area contributed by atoms with Crippen LogP contribution >= 0.6 is 0 Å². The van der Waals surface area contributed by atoms with Crippen molar-refractivity contribution in [2.45, 2.75) is 18.8 Å². The summed E-state index contributed by atoms with van der Waals surface area (Å²) in [5.41, 5.74) is 9.92. The van der Waals surface area contributed by atoms with Gasteiger partial charge in [-0.15, -0.1) is 0 Å². The smallest absolute Gasteiger partial charge is 0.0142 e. The van der Waals surface area contributed by atoms with Crippen LogP contribution in [-0.2, 0) is 12.8 Å². The molecule has 5 rings (SSSR count). The Morgan fingerprint density at radius 2 is 1.11 bits per heavy atom. The van der Waals surface area contributed by atoms with Gasteiger partial charge in [0.2, 0.25) is 0 Å². The van der Waals surface area contributed by atoms with Crippen LogP contribution in [0.5, 0.6) is 0 Å². The van der Waals surface area contributed by atoms with Crippen LogP contribution in [0.15, 0.2) is 103 Å². The van der Waals surface area contributed by atoms with E-state index in [1.165, 1.54) is 38.9 Å². The van der Waals surface area contributed by atoms with Crippen LogP contribution in [0.2, 0.25) is 0 Å². The molecular formula is C27H22. The van der Waals surface area contributed by atoms with E-state index >= 15 is 0 Å². The van der Waals surface area contributed by atoms with Gasteiger partial charge < -0.3 is 0 Å². The summed E-state index contributed by atoms with van der Waals surface area (Å²) in [7, 11) is 0. The van der Waals surface area contributed by atoms with Gasteiger partial charge in [0.1, 0.15) is 0 Å². The first kappa shape index (κ1) is 16.1. The van der Waals surface area contributed by atoms with Crippen molar-refractivity contribution < 1.29 is 0 Å². The fourth-order valence-electron chi connectivity index (χ4n) is 4.37. The van der Waals surface area contributed by atoms with E-state index < -0.39 is 0 Å². The molecule has 0 spiro atoms. The summed E-state index contributed by atoms with van der Waals surface area (Å²) in [6, 6.07) is 37.6. The summed E-state index contributed by atoms with van der Waals surface area (Å²) in [6.07, 6.45) is 2.04. The molecule has 0 aliphatic heterocycles. The van der Waals surface area contributed by atoms with Gasteiger partial charge in [-0.1, -0.05) is 103 Å². The van der Waals surface area contributed by atoms with Crippen molar-refractivity contribution in [1.29, 1.82) is 0 Å². The lowest BCUT2D eigenvalue weighted by Gasteiger charge is -2.15. The lowest BCUT2D eigenvalue weighted by Crippen LogP contribution is -2.02. The summed E-state index contributed by atoms with van der Waals surface area (Å²) in [6.45, 7) is 0. The molecule has 1 atom stereocenters. The van der Waals surface area contributed by atoms with Crippen LogP contribution in [0.4, 0.5) is 0 Å². The van der Waals surface area contributed by atoms with E-state index in [0.717, 1.165) is 12.8 Å². The molecule has 4 aromatic rings. The highest BCUT2D eigenvalue weighted by Gasteiger charge is 2.28. The zero-order valence-corrected chi connectivity index (χ0v) is 15.3. The monoisotopic (exact) mass is 346 g/mol. The molecule has 130 valence electrons. The summed E-state index contributed by atoms with van der Waals surface area (Å²) in [5, 5.41) is 0. The van der Waals surface area contributed by atoms with Crippen molar-refractivity contribution in [3.63, 3.8) is 0 Å². The Kier molecular flexibility index (Phi) is 4.10. The Morgan fingerprint density at radius 1 is 0.481 bits per heavy atom. The van der Waals surface area contributed by atoms with Crippen molar-refractivity contribution >= 4 is 0 Å². The minimum absolute atomic E-state index is 0.439. The highest BCUT2D eigenvalue weighted by atomic mass is 14.3. The Balaban J connectivity index is 1.55. The number of hydrogen-bond donors (Lipinski definition) is 0. The Bertz CT molecular complexity index is 1060. The van der Waals surface area contributed by atoms with Gasteiger partial charge in [-0.3, -0.25) is 0 Å². The second-order valence-corrected chi connectivity index (χ2v) is 7.41. The quantitative estimate of drug-likeness (QED) is 0.389. The van der Waals surface area contributed by atoms with Crippen molar-refractivity contribution in [3.05, 3.63) is 131 Å². The first-order valence-electron chi connectivity index (χ1n) is 9.68. The maximum atomic E-state index is 2.44. The maximum absolute atomic E-state index is 2.44. The summed E-state index contributed by atoms with van der Waals surface area (Å²) in [4.78, 5) is 0. The molecule has 27 heavy (non-hydrogen) atoms. The van der Waals surface area contributed by atoms with Gasteiger partial charge in [-0.05, 0) is 51.8 Å². The van der Waals surface area contributed by atoms with Gasteiger partial charge in [-0.2, -0.15) is 0 Å². The minimum atomic E-state index is 0.439. The fourth-order valence-corrected chi connectivity index (χ4v) is 4.37. The predicted octanol–water partition coefficient (Wildman–Crippen LogP) is 6.63. The molecule has 1 unspecified atom stereocenters. The van der Waals surface area contributed by atoms with Gasteiger partial charge in [0, 0.05) is 5.92 Å². The van der Waals surface area contributed by atoms with Gasteiger partial charge in [-0.25, -0.2) is 0 Å². The highest BCUT2D eigenvalue weighted by Crippen LogP contribution is 2.46. The van der Waals surface area contributed by atoms with Crippen LogP contribution in [0.25, 0.3) is 11.1 Å². The molecule has 0 N–H and O–H groups in total. The first-order valence-corrected chi connectivity index (χ1v) is 9.68. The fraction of sp³-hybridized carbons (Fsp3) is 0.111. The molecule has 0 radical (unpaired) electrons. The third kappa shape index (κ3) is 3.08. The molecular weight excluding hydrogens is 324 g/mol. The SMILES string of the molecule is c1ccc(Cc2ccc3c(c2)C(Cc2ccccc2)c2ccccc2-3)cc1. The van der Waals surface area contributed by atoms with Gasteiger partial charge in [0.15, 0.2) is 0 Å². The van der Waals surface area contributed by atoms with Crippen molar-refractivity contribution in [2.24, 2.45) is 0 Å². The molecule has 0 saturated heterocycles. The predicted molar refractivity (Wildman–Crippen MR) is 113 cm³/mol. The molecule has 0 heteroatoms. The topological polar surface area (TPSA) is 0 Å². The molecule has 0 saturated carbocycles. The van der Waals surface area contributed by atoms with Crippen LogP contribution in [0, 0.1) is 0 Å². The summed E-state index contributed by atoms with van der Waals surface area (Å²) >= 11 is 0. The number of hydrogen-bond acceptors (Lipinski definition) is 0. The summed E-state index contributed by atoms with van der Waals surface area (Å²) < 4.78 is 0. The normalized spacial score (nSPS) is 14.6. The van der Waals surface area contributed by atoms with E-state index in [1.54, 1.807) is 0 Å². The van der Waals surface area contributed by atoms with Gasteiger partial charge in [0.05, 0.1) is 0 Å². The average molecular weight is 346 g/mol. The third-order valence-corrected chi connectivity index (χ3v) is 5.65. The Hall–Kier alpha value is -3.12. The van der Waals surface area contributed by atoms with Gasteiger partial charge in [0.25, 0.3) is 0 Å². The maximum Gasteiger partial charge on any atom is 0.0142 e. The van der Waals surface area contributed by atoms with E-state index in [0.29, 0.717) is 5.92 Å². The van der Waals surface area contributed by atoms with Crippen molar-refractivity contribution in [1.82, 2.24) is 0 Å². The van der Waals surface area contributed by atoms with E-state index in [-0.39, 0.29) is 0 Å². The number of rotatable bonds is 4. The standard InChI is InChI=1S/C27H22/c1-3-9-20(10-4-1)17-22-15-16-25-23-13-7-8-14-24(23)26(27(25)19-22)18-21-11-5-2-6-12-21/h1-16,19,26H,17-18H2. The zero-order chi connectivity index (χ0) is 18.1. The largest absolute Gasteiger partial charge is 0.0622 e. The van der Waals surface area contributed by atoms with E-state index in [4.69, 9.17) is 0 Å². The summed E-state index contributed by atoms with van der Waals surface area (Å²) in [5.74, 6) is 0.439. The second-order valence-electron chi connectivity index (χ2n) is 7.41. The van der Waals surface area contributed by atoms with E-state index in [9.17, 15) is 0 Å². The second kappa shape index (κ2) is 6.89. The average Bonchev–Trinajstić information content (AvgIpc) is 3.03. The van der Waals surface area contributed by atoms with E-state index in [1.807, 2.05) is 0 Å². The van der Waals surface area contributed by atoms with Crippen LogP contribution in [0.3, 0.4) is 0 Å². The molecule has 0 aromatic heterocycles. The minimum Gasteiger partial charge on any atom is -0.0622 e. The number of fused-ring (bicyclic) bond motifs is 3. The van der Waals surface area contributed by atoms with Crippen LogP contribution in [0.1, 0.15) is 33.7 Å². The molecule has 0 fully saturated rings. The van der Waals surface area contributed by atoms with E-state index in [2.05, 4.69) is 103 Å². The third-order valence-electron chi connectivity index (χ3n) is 5.65. The van der Waals surface area contributed by atoms with Crippen molar-refractivity contribution in [2.75, 3.05) is 0 Å². The Morgan fingerprint density at radius 3 is 1.89 bits per heavy atom. The molecule has 1 aliphatic rings. The first-order chi connectivity index (χ1) is 13.4.